The normalized spacial score (nSPS) is 33.0. The zero-order valence-electron chi connectivity index (χ0n) is 7.06. The van der Waals surface area contributed by atoms with Crippen molar-refractivity contribution >= 4 is 0 Å². The quantitative estimate of drug-likeness (QED) is 0.564. The third-order valence-corrected chi connectivity index (χ3v) is 3.49. The van der Waals surface area contributed by atoms with E-state index in [4.69, 9.17) is 0 Å². The van der Waals surface area contributed by atoms with Crippen molar-refractivity contribution in [3.05, 3.63) is 0 Å². The molecule has 1 heterocycles. The second-order valence-electron chi connectivity index (χ2n) is 4.22. The summed E-state index contributed by atoms with van der Waals surface area (Å²) in [5.74, 6) is 0. The zero-order chi connectivity index (χ0) is 7.19. The summed E-state index contributed by atoms with van der Waals surface area (Å²) in [6, 6.07) is 0.862. The van der Waals surface area contributed by atoms with Crippen LogP contribution in [0.15, 0.2) is 0 Å². The standard InChI is InChI=1S/C9H17N/c1-8(9(2)4-5-9)10-6-3-7-10/h8H,3-7H2,1-2H3. The van der Waals surface area contributed by atoms with E-state index < -0.39 is 0 Å². The fourth-order valence-corrected chi connectivity index (χ4v) is 1.78. The molecule has 0 spiro atoms. The summed E-state index contributed by atoms with van der Waals surface area (Å²) in [6.07, 6.45) is 4.36. The van der Waals surface area contributed by atoms with Gasteiger partial charge in [0.05, 0.1) is 0 Å². The molecule has 0 aromatic rings. The molecule has 1 nitrogen and oxygen atoms in total. The first-order valence-electron chi connectivity index (χ1n) is 4.46. The van der Waals surface area contributed by atoms with E-state index in [1.807, 2.05) is 0 Å². The van der Waals surface area contributed by atoms with E-state index in [2.05, 4.69) is 18.7 Å². The fourth-order valence-electron chi connectivity index (χ4n) is 1.78. The van der Waals surface area contributed by atoms with E-state index in [1.165, 1.54) is 32.4 Å². The molecule has 1 aliphatic carbocycles. The van der Waals surface area contributed by atoms with Crippen molar-refractivity contribution in [2.75, 3.05) is 13.1 Å². The van der Waals surface area contributed by atoms with Crippen LogP contribution in [0.5, 0.6) is 0 Å². The summed E-state index contributed by atoms with van der Waals surface area (Å²) in [7, 11) is 0. The van der Waals surface area contributed by atoms with Gasteiger partial charge in [0.25, 0.3) is 0 Å². The van der Waals surface area contributed by atoms with Crippen LogP contribution in [0.1, 0.15) is 33.1 Å². The van der Waals surface area contributed by atoms with E-state index >= 15 is 0 Å². The van der Waals surface area contributed by atoms with Crippen LogP contribution in [0.25, 0.3) is 0 Å². The maximum absolute atomic E-state index is 2.62. The molecule has 58 valence electrons. The number of hydrogen-bond donors (Lipinski definition) is 0. The lowest BCUT2D eigenvalue weighted by Crippen LogP contribution is -2.47. The van der Waals surface area contributed by atoms with E-state index in [1.54, 1.807) is 0 Å². The van der Waals surface area contributed by atoms with Crippen molar-refractivity contribution in [1.82, 2.24) is 4.90 Å². The first kappa shape index (κ1) is 6.66. The Kier molecular flexibility index (Phi) is 1.31. The molecule has 2 fully saturated rings. The second-order valence-corrected chi connectivity index (χ2v) is 4.22. The summed E-state index contributed by atoms with van der Waals surface area (Å²) in [5.41, 5.74) is 0.709. The Labute approximate surface area is 63.4 Å². The molecule has 0 radical (unpaired) electrons. The molecule has 1 aliphatic heterocycles. The van der Waals surface area contributed by atoms with Crippen LogP contribution in [0.4, 0.5) is 0 Å². The minimum absolute atomic E-state index is 0.709. The van der Waals surface area contributed by atoms with Gasteiger partial charge in [-0.15, -0.1) is 0 Å². The number of nitrogens with zero attached hydrogens (tertiary/aromatic N) is 1. The molecule has 0 aromatic carbocycles. The Morgan fingerprint density at radius 3 is 2.20 bits per heavy atom. The minimum Gasteiger partial charge on any atom is -0.300 e. The van der Waals surface area contributed by atoms with E-state index in [-0.39, 0.29) is 0 Å². The molecule has 0 bridgehead atoms. The minimum atomic E-state index is 0.709. The number of rotatable bonds is 2. The van der Waals surface area contributed by atoms with Crippen molar-refractivity contribution in [2.24, 2.45) is 5.41 Å². The molecule has 0 aromatic heterocycles. The van der Waals surface area contributed by atoms with Crippen LogP contribution in [0.2, 0.25) is 0 Å². The number of likely N-dealkylation sites (tertiary alicyclic amines) is 1. The summed E-state index contributed by atoms with van der Waals surface area (Å²) < 4.78 is 0. The topological polar surface area (TPSA) is 3.24 Å². The van der Waals surface area contributed by atoms with Gasteiger partial charge >= 0.3 is 0 Å². The molecular formula is C9H17N. The van der Waals surface area contributed by atoms with Crippen molar-refractivity contribution in [3.63, 3.8) is 0 Å². The maximum atomic E-state index is 2.62. The average Bonchev–Trinajstić information content (AvgIpc) is 2.44. The first-order valence-corrected chi connectivity index (χ1v) is 4.46. The molecule has 10 heavy (non-hydrogen) atoms. The van der Waals surface area contributed by atoms with Crippen LogP contribution in [-0.4, -0.2) is 24.0 Å². The van der Waals surface area contributed by atoms with Gasteiger partial charge in [0, 0.05) is 6.04 Å². The zero-order valence-corrected chi connectivity index (χ0v) is 7.06. The Morgan fingerprint density at radius 1 is 1.30 bits per heavy atom. The predicted molar refractivity (Wildman–Crippen MR) is 43.0 cm³/mol. The smallest absolute Gasteiger partial charge is 0.0121 e. The van der Waals surface area contributed by atoms with Crippen LogP contribution < -0.4 is 0 Å². The third kappa shape index (κ3) is 0.878. The molecule has 2 rings (SSSR count). The van der Waals surface area contributed by atoms with Crippen LogP contribution in [0, 0.1) is 5.41 Å². The monoisotopic (exact) mass is 139 g/mol. The summed E-state index contributed by atoms with van der Waals surface area (Å²) in [6.45, 7) is 7.54. The Hall–Kier alpha value is -0.0400. The molecule has 1 heteroatoms. The summed E-state index contributed by atoms with van der Waals surface area (Å²) in [5, 5.41) is 0. The molecule has 1 saturated carbocycles. The van der Waals surface area contributed by atoms with Gasteiger partial charge in [0.2, 0.25) is 0 Å². The molecule has 0 amide bonds. The highest BCUT2D eigenvalue weighted by Crippen LogP contribution is 2.50. The lowest BCUT2D eigenvalue weighted by Gasteiger charge is -2.39. The van der Waals surface area contributed by atoms with E-state index in [0.29, 0.717) is 5.41 Å². The van der Waals surface area contributed by atoms with Gasteiger partial charge in [-0.05, 0) is 44.7 Å². The van der Waals surface area contributed by atoms with E-state index in [9.17, 15) is 0 Å². The number of hydrogen-bond acceptors (Lipinski definition) is 1. The summed E-state index contributed by atoms with van der Waals surface area (Å²) >= 11 is 0. The predicted octanol–water partition coefficient (Wildman–Crippen LogP) is 1.88. The van der Waals surface area contributed by atoms with Crippen molar-refractivity contribution < 1.29 is 0 Å². The van der Waals surface area contributed by atoms with Gasteiger partial charge in [-0.1, -0.05) is 6.92 Å². The summed E-state index contributed by atoms with van der Waals surface area (Å²) in [4.78, 5) is 2.62. The van der Waals surface area contributed by atoms with Crippen LogP contribution >= 0.6 is 0 Å². The van der Waals surface area contributed by atoms with Crippen LogP contribution in [0.3, 0.4) is 0 Å². The van der Waals surface area contributed by atoms with Crippen molar-refractivity contribution in [3.8, 4) is 0 Å². The molecular weight excluding hydrogens is 122 g/mol. The molecule has 2 aliphatic rings. The average molecular weight is 139 g/mol. The van der Waals surface area contributed by atoms with E-state index in [0.717, 1.165) is 6.04 Å². The molecule has 1 saturated heterocycles. The Bertz CT molecular complexity index is 134. The third-order valence-electron chi connectivity index (χ3n) is 3.49. The lowest BCUT2D eigenvalue weighted by molar-refractivity contribution is 0.0851. The highest BCUT2D eigenvalue weighted by molar-refractivity contribution is 4.98. The second kappa shape index (κ2) is 1.97. The molecule has 0 N–H and O–H groups in total. The highest BCUT2D eigenvalue weighted by atomic mass is 15.2. The largest absolute Gasteiger partial charge is 0.300 e. The van der Waals surface area contributed by atoms with Crippen molar-refractivity contribution in [1.29, 1.82) is 0 Å². The first-order chi connectivity index (χ1) is 4.72. The van der Waals surface area contributed by atoms with Gasteiger partial charge in [-0.3, -0.25) is 0 Å². The molecule has 1 unspecified atom stereocenters. The maximum Gasteiger partial charge on any atom is 0.0121 e. The van der Waals surface area contributed by atoms with Gasteiger partial charge < -0.3 is 4.90 Å². The van der Waals surface area contributed by atoms with Crippen molar-refractivity contribution in [2.45, 2.75) is 39.2 Å². The van der Waals surface area contributed by atoms with Gasteiger partial charge in [-0.25, -0.2) is 0 Å². The van der Waals surface area contributed by atoms with Gasteiger partial charge in [0.1, 0.15) is 0 Å². The lowest BCUT2D eigenvalue weighted by atomic mass is 9.96. The van der Waals surface area contributed by atoms with Gasteiger partial charge in [-0.2, -0.15) is 0 Å². The van der Waals surface area contributed by atoms with Crippen LogP contribution in [-0.2, 0) is 0 Å². The van der Waals surface area contributed by atoms with Gasteiger partial charge in [0.15, 0.2) is 0 Å². The SMILES string of the molecule is CC(N1CCC1)C1(C)CC1. The Balaban J connectivity index is 1.91. The highest BCUT2D eigenvalue weighted by Gasteiger charge is 2.45. The fraction of sp³-hybridized carbons (Fsp3) is 1.00. The Morgan fingerprint density at radius 2 is 1.90 bits per heavy atom. The molecule has 1 atom stereocenters.